The van der Waals surface area contributed by atoms with Crippen molar-refractivity contribution in [3.63, 3.8) is 0 Å². The molecule has 0 saturated carbocycles. The summed E-state index contributed by atoms with van der Waals surface area (Å²) in [6.45, 7) is 0. The molecule has 2 amide bonds. The van der Waals surface area contributed by atoms with Gasteiger partial charge in [-0.1, -0.05) is 12.1 Å². The molecular formula is C19H18N4O4S. The molecule has 1 heterocycles. The molecule has 0 aliphatic carbocycles. The first-order valence-corrected chi connectivity index (χ1v) is 9.04. The molecule has 0 aliphatic rings. The van der Waals surface area contributed by atoms with Crippen LogP contribution in [0.1, 0.15) is 20.8 Å². The number of nitrogens with two attached hydrogens (primary N) is 1. The minimum Gasteiger partial charge on any atom is -0.493 e. The van der Waals surface area contributed by atoms with Crippen molar-refractivity contribution in [2.75, 3.05) is 24.9 Å². The maximum Gasteiger partial charge on any atom is 0.275 e. The first-order valence-electron chi connectivity index (χ1n) is 8.16. The number of aromatic nitrogens is 1. The van der Waals surface area contributed by atoms with Crippen molar-refractivity contribution >= 4 is 39.7 Å². The van der Waals surface area contributed by atoms with E-state index in [2.05, 4.69) is 15.6 Å². The summed E-state index contributed by atoms with van der Waals surface area (Å²) in [5.41, 5.74) is 6.85. The molecule has 2 aromatic carbocycles. The first kappa shape index (κ1) is 19.2. The highest BCUT2D eigenvalue weighted by molar-refractivity contribution is 7.14. The molecule has 1 aromatic heterocycles. The van der Waals surface area contributed by atoms with Crippen LogP contribution < -0.4 is 25.8 Å². The number of hydrogen-bond donors (Lipinski definition) is 3. The van der Waals surface area contributed by atoms with Crippen molar-refractivity contribution in [1.29, 1.82) is 0 Å². The van der Waals surface area contributed by atoms with E-state index in [0.29, 0.717) is 22.3 Å². The van der Waals surface area contributed by atoms with Crippen LogP contribution in [0, 0.1) is 0 Å². The van der Waals surface area contributed by atoms with E-state index in [1.807, 2.05) is 6.07 Å². The number of nitrogens with zero attached hydrogens (tertiary/aromatic N) is 1. The monoisotopic (exact) mass is 398 g/mol. The Bertz CT molecular complexity index is 1020. The Morgan fingerprint density at radius 3 is 2.54 bits per heavy atom. The summed E-state index contributed by atoms with van der Waals surface area (Å²) in [6.07, 6.45) is 0. The summed E-state index contributed by atoms with van der Waals surface area (Å²) in [7, 11) is 3.12. The summed E-state index contributed by atoms with van der Waals surface area (Å²) < 4.78 is 10.5. The number of anilines is 3. The van der Waals surface area contributed by atoms with Gasteiger partial charge in [0.15, 0.2) is 16.6 Å². The molecule has 0 unspecified atom stereocenters. The molecule has 0 aliphatic heterocycles. The molecule has 0 spiro atoms. The molecule has 28 heavy (non-hydrogen) atoms. The molecule has 0 atom stereocenters. The number of methoxy groups -OCH3 is 2. The highest BCUT2D eigenvalue weighted by Gasteiger charge is 2.15. The third-order valence-electron chi connectivity index (χ3n) is 3.81. The second kappa shape index (κ2) is 8.40. The summed E-state index contributed by atoms with van der Waals surface area (Å²) in [6, 6.07) is 11.9. The number of nitrogens with one attached hydrogen (secondary N) is 2. The lowest BCUT2D eigenvalue weighted by atomic mass is 10.1. The summed E-state index contributed by atoms with van der Waals surface area (Å²) in [5, 5.41) is 7.92. The van der Waals surface area contributed by atoms with Gasteiger partial charge in [0.25, 0.3) is 11.8 Å². The van der Waals surface area contributed by atoms with Gasteiger partial charge in [-0.05, 0) is 24.3 Å². The Hall–Kier alpha value is -3.59. The lowest BCUT2D eigenvalue weighted by Gasteiger charge is -2.09. The molecule has 3 aromatic rings. The Balaban J connectivity index is 1.74. The zero-order valence-electron chi connectivity index (χ0n) is 15.2. The van der Waals surface area contributed by atoms with Gasteiger partial charge in [0.05, 0.1) is 25.5 Å². The Morgan fingerprint density at radius 2 is 1.82 bits per heavy atom. The van der Waals surface area contributed by atoms with Gasteiger partial charge < -0.3 is 25.8 Å². The van der Waals surface area contributed by atoms with Crippen molar-refractivity contribution in [3.05, 3.63) is 59.1 Å². The number of para-hydroxylation sites is 1. The highest BCUT2D eigenvalue weighted by Crippen LogP contribution is 2.31. The van der Waals surface area contributed by atoms with Gasteiger partial charge in [0, 0.05) is 17.1 Å². The van der Waals surface area contributed by atoms with Gasteiger partial charge in [-0.15, -0.1) is 11.3 Å². The van der Waals surface area contributed by atoms with E-state index in [9.17, 15) is 9.59 Å². The van der Waals surface area contributed by atoms with E-state index in [-0.39, 0.29) is 11.3 Å². The molecule has 8 nitrogen and oxygen atoms in total. The zero-order valence-corrected chi connectivity index (χ0v) is 16.0. The second-order valence-corrected chi connectivity index (χ2v) is 6.45. The van der Waals surface area contributed by atoms with Crippen LogP contribution >= 0.6 is 11.3 Å². The van der Waals surface area contributed by atoms with Crippen LogP contribution in [-0.4, -0.2) is 31.0 Å². The largest absolute Gasteiger partial charge is 0.493 e. The summed E-state index contributed by atoms with van der Waals surface area (Å²) >= 11 is 1.27. The van der Waals surface area contributed by atoms with Crippen LogP contribution in [0.5, 0.6) is 11.5 Å². The van der Waals surface area contributed by atoms with E-state index in [1.165, 1.54) is 11.3 Å². The minimum absolute atomic E-state index is 0.215. The number of benzene rings is 2. The Labute approximate surface area is 165 Å². The lowest BCUT2D eigenvalue weighted by molar-refractivity contribution is 0.100. The fourth-order valence-electron chi connectivity index (χ4n) is 2.47. The van der Waals surface area contributed by atoms with Crippen molar-refractivity contribution in [1.82, 2.24) is 4.98 Å². The van der Waals surface area contributed by atoms with E-state index >= 15 is 0 Å². The molecule has 0 radical (unpaired) electrons. The molecule has 4 N–H and O–H groups in total. The number of ether oxygens (including phenoxy) is 2. The molecule has 3 rings (SSSR count). The number of carbonyl (C=O) groups is 2. The minimum atomic E-state index is -0.620. The van der Waals surface area contributed by atoms with E-state index in [0.717, 1.165) is 5.69 Å². The average molecular weight is 398 g/mol. The van der Waals surface area contributed by atoms with Crippen molar-refractivity contribution in [2.24, 2.45) is 5.73 Å². The molecule has 144 valence electrons. The lowest BCUT2D eigenvalue weighted by Crippen LogP contribution is -2.18. The molecular weight excluding hydrogens is 380 g/mol. The van der Waals surface area contributed by atoms with Crippen LogP contribution in [0.25, 0.3) is 0 Å². The maximum absolute atomic E-state index is 12.5. The normalized spacial score (nSPS) is 10.2. The molecule has 0 fully saturated rings. The van der Waals surface area contributed by atoms with Crippen LogP contribution in [0.4, 0.5) is 16.5 Å². The predicted molar refractivity (Wildman–Crippen MR) is 108 cm³/mol. The standard InChI is InChI=1S/C19H18N4O4S/c1-26-15-8-7-11(9-16(15)27-2)21-19-23-14(10-28-19)18(25)22-13-6-4-3-5-12(13)17(20)24/h3-10H,1-2H3,(H2,20,24)(H,21,23)(H,22,25). The van der Waals surface area contributed by atoms with Gasteiger partial charge >= 0.3 is 0 Å². The second-order valence-electron chi connectivity index (χ2n) is 5.60. The van der Waals surface area contributed by atoms with Crippen molar-refractivity contribution < 1.29 is 19.1 Å². The quantitative estimate of drug-likeness (QED) is 0.563. The summed E-state index contributed by atoms with van der Waals surface area (Å²) in [5.74, 6) is 0.126. The smallest absolute Gasteiger partial charge is 0.275 e. The van der Waals surface area contributed by atoms with E-state index in [4.69, 9.17) is 15.2 Å². The highest BCUT2D eigenvalue weighted by atomic mass is 32.1. The van der Waals surface area contributed by atoms with Gasteiger partial charge in [-0.2, -0.15) is 0 Å². The van der Waals surface area contributed by atoms with Gasteiger partial charge in [-0.3, -0.25) is 9.59 Å². The fraction of sp³-hybridized carbons (Fsp3) is 0.105. The van der Waals surface area contributed by atoms with Gasteiger partial charge in [0.2, 0.25) is 0 Å². The first-order chi connectivity index (χ1) is 13.5. The number of rotatable bonds is 7. The van der Waals surface area contributed by atoms with Crippen LogP contribution in [0.15, 0.2) is 47.8 Å². The van der Waals surface area contributed by atoms with E-state index in [1.54, 1.807) is 56.0 Å². The van der Waals surface area contributed by atoms with Crippen LogP contribution in [0.2, 0.25) is 0 Å². The predicted octanol–water partition coefficient (Wildman–Crippen LogP) is 3.26. The fourth-order valence-corrected chi connectivity index (χ4v) is 3.18. The SMILES string of the molecule is COc1ccc(Nc2nc(C(=O)Nc3ccccc3C(N)=O)cs2)cc1OC. The van der Waals surface area contributed by atoms with Crippen molar-refractivity contribution in [2.45, 2.75) is 0 Å². The van der Waals surface area contributed by atoms with Crippen LogP contribution in [-0.2, 0) is 0 Å². The molecule has 0 saturated heterocycles. The van der Waals surface area contributed by atoms with Gasteiger partial charge in [0.1, 0.15) is 5.69 Å². The Morgan fingerprint density at radius 1 is 1.07 bits per heavy atom. The van der Waals surface area contributed by atoms with E-state index < -0.39 is 11.8 Å². The molecule has 0 bridgehead atoms. The topological polar surface area (TPSA) is 116 Å². The third kappa shape index (κ3) is 4.21. The number of carbonyl (C=O) groups excluding carboxylic acids is 2. The zero-order chi connectivity index (χ0) is 20.1. The van der Waals surface area contributed by atoms with Gasteiger partial charge in [-0.25, -0.2) is 4.98 Å². The van der Waals surface area contributed by atoms with Crippen LogP contribution in [0.3, 0.4) is 0 Å². The number of hydrogen-bond acceptors (Lipinski definition) is 7. The molecule has 9 heteroatoms. The average Bonchev–Trinajstić information content (AvgIpc) is 3.16. The Kier molecular flexibility index (Phi) is 5.75. The number of amides is 2. The summed E-state index contributed by atoms with van der Waals surface area (Å²) in [4.78, 5) is 28.2. The van der Waals surface area contributed by atoms with Crippen molar-refractivity contribution in [3.8, 4) is 11.5 Å². The maximum atomic E-state index is 12.5. The number of thiazole rings is 1. The number of primary amides is 1. The third-order valence-corrected chi connectivity index (χ3v) is 4.57.